The fourth-order valence-corrected chi connectivity index (χ4v) is 7.86. The van der Waals surface area contributed by atoms with Gasteiger partial charge in [-0.2, -0.15) is 0 Å². The van der Waals surface area contributed by atoms with Gasteiger partial charge in [-0.05, 0) is 75.5 Å². The van der Waals surface area contributed by atoms with E-state index in [0.717, 1.165) is 93.4 Å². The average Bonchev–Trinajstić information content (AvgIpc) is 3.59. The summed E-state index contributed by atoms with van der Waals surface area (Å²) in [6.45, 7) is 0. The van der Waals surface area contributed by atoms with E-state index in [0.29, 0.717) is 0 Å². The number of nitrogens with zero attached hydrogens (tertiary/aromatic N) is 3. The van der Waals surface area contributed by atoms with Crippen LogP contribution in [0.4, 0.5) is 0 Å². The maximum Gasteiger partial charge on any atom is 0.144 e. The number of hydrogen-bond acceptors (Lipinski definition) is 4. The Kier molecular flexibility index (Phi) is 5.92. The molecular formula is C47H27N3O. The third-order valence-electron chi connectivity index (χ3n) is 10.3. The second-order valence-electron chi connectivity index (χ2n) is 13.2. The second kappa shape index (κ2) is 10.8. The van der Waals surface area contributed by atoms with E-state index in [1.165, 1.54) is 16.3 Å². The van der Waals surface area contributed by atoms with Gasteiger partial charge >= 0.3 is 0 Å². The van der Waals surface area contributed by atoms with E-state index < -0.39 is 0 Å². The minimum atomic E-state index is 0.899. The van der Waals surface area contributed by atoms with Gasteiger partial charge in [0.05, 0.1) is 22.2 Å². The van der Waals surface area contributed by atoms with Gasteiger partial charge in [0.15, 0.2) is 0 Å². The molecule has 11 aromatic rings. The Morgan fingerprint density at radius 2 is 1.10 bits per heavy atom. The van der Waals surface area contributed by atoms with E-state index in [9.17, 15) is 0 Å². The summed E-state index contributed by atoms with van der Waals surface area (Å²) < 4.78 is 6.51. The molecule has 0 saturated heterocycles. The molecule has 4 heterocycles. The van der Waals surface area contributed by atoms with Gasteiger partial charge in [0.1, 0.15) is 11.2 Å². The van der Waals surface area contributed by atoms with Crippen molar-refractivity contribution in [2.45, 2.75) is 0 Å². The zero-order chi connectivity index (χ0) is 33.5. The van der Waals surface area contributed by atoms with Crippen LogP contribution in [-0.2, 0) is 0 Å². The average molecular weight is 650 g/mol. The van der Waals surface area contributed by atoms with Gasteiger partial charge in [0.2, 0.25) is 0 Å². The normalized spacial score (nSPS) is 11.9. The maximum atomic E-state index is 6.51. The Hall–Kier alpha value is -6.91. The van der Waals surface area contributed by atoms with Crippen molar-refractivity contribution in [3.05, 3.63) is 164 Å². The lowest BCUT2D eigenvalue weighted by molar-refractivity contribution is 0.673. The molecule has 0 unspecified atom stereocenters. The Balaban J connectivity index is 0.982. The number of hydrogen-bond donors (Lipinski definition) is 0. The molecule has 7 aromatic carbocycles. The van der Waals surface area contributed by atoms with Crippen molar-refractivity contribution in [3.8, 4) is 33.5 Å². The number of aromatic nitrogens is 3. The summed E-state index contributed by atoms with van der Waals surface area (Å²) >= 11 is 0. The smallest absolute Gasteiger partial charge is 0.144 e. The number of rotatable bonds is 3. The van der Waals surface area contributed by atoms with Crippen molar-refractivity contribution in [2.24, 2.45) is 0 Å². The zero-order valence-electron chi connectivity index (χ0n) is 27.3. The van der Waals surface area contributed by atoms with Gasteiger partial charge in [-0.25, -0.2) is 4.98 Å². The summed E-state index contributed by atoms with van der Waals surface area (Å²) in [5.74, 6) is 0. The summed E-state index contributed by atoms with van der Waals surface area (Å²) in [7, 11) is 0. The Morgan fingerprint density at radius 1 is 0.412 bits per heavy atom. The predicted molar refractivity (Wildman–Crippen MR) is 211 cm³/mol. The highest BCUT2D eigenvalue weighted by atomic mass is 16.3. The van der Waals surface area contributed by atoms with Crippen LogP contribution in [0.1, 0.15) is 0 Å². The van der Waals surface area contributed by atoms with E-state index in [1.807, 2.05) is 36.7 Å². The molecule has 0 aliphatic heterocycles. The molecule has 0 N–H and O–H groups in total. The molecule has 0 aliphatic carbocycles. The fourth-order valence-electron chi connectivity index (χ4n) is 7.86. The molecule has 4 heteroatoms. The highest BCUT2D eigenvalue weighted by Crippen LogP contribution is 2.41. The highest BCUT2D eigenvalue weighted by molar-refractivity contribution is 6.24. The molecule has 0 amide bonds. The number of pyridine rings is 3. The molecular weight excluding hydrogens is 623 g/mol. The molecule has 0 aliphatic rings. The van der Waals surface area contributed by atoms with Gasteiger partial charge in [0.25, 0.3) is 0 Å². The van der Waals surface area contributed by atoms with E-state index in [-0.39, 0.29) is 0 Å². The first kappa shape index (κ1) is 28.0. The number of furan rings is 1. The summed E-state index contributed by atoms with van der Waals surface area (Å²) in [5, 5.41) is 10.1. The van der Waals surface area contributed by atoms with E-state index in [2.05, 4.69) is 132 Å². The number of para-hydroxylation sites is 2. The van der Waals surface area contributed by atoms with Gasteiger partial charge in [-0.3, -0.25) is 9.97 Å². The molecule has 4 aromatic heterocycles. The third kappa shape index (κ3) is 4.30. The lowest BCUT2D eigenvalue weighted by atomic mass is 9.94. The van der Waals surface area contributed by atoms with Crippen LogP contribution >= 0.6 is 0 Å². The molecule has 0 radical (unpaired) electrons. The first-order chi connectivity index (χ1) is 25.3. The number of fused-ring (bicyclic) bond motifs is 11. The monoisotopic (exact) mass is 649 g/mol. The highest BCUT2D eigenvalue weighted by Gasteiger charge is 2.17. The standard InChI is InChI=1S/C47H27N3O/c1-3-9-41-39(8-1)43-40(22-21-38-36-7-2-4-10-42(36)51-47(38)43)44(50-41)30-13-11-28(12-14-30)31-15-16-33-27-34(18-17-32(33)26-31)35-23-25-49-46-37(35)20-19-29-6-5-24-48-45(29)46/h1-27H. The van der Waals surface area contributed by atoms with Crippen LogP contribution in [0, 0.1) is 0 Å². The molecule has 51 heavy (non-hydrogen) atoms. The molecule has 0 saturated carbocycles. The van der Waals surface area contributed by atoms with E-state index >= 15 is 0 Å². The predicted octanol–water partition coefficient (Wildman–Crippen LogP) is 12.5. The number of benzene rings is 7. The van der Waals surface area contributed by atoms with Crippen LogP contribution in [0.2, 0.25) is 0 Å². The third-order valence-corrected chi connectivity index (χ3v) is 10.3. The van der Waals surface area contributed by atoms with Crippen molar-refractivity contribution in [3.63, 3.8) is 0 Å². The summed E-state index contributed by atoms with van der Waals surface area (Å²) in [6.07, 6.45) is 3.72. The molecule has 4 nitrogen and oxygen atoms in total. The quantitative estimate of drug-likeness (QED) is 0.179. The van der Waals surface area contributed by atoms with Crippen LogP contribution in [0.15, 0.2) is 168 Å². The maximum absolute atomic E-state index is 6.51. The fraction of sp³-hybridized carbons (Fsp3) is 0. The van der Waals surface area contributed by atoms with Crippen LogP contribution < -0.4 is 0 Å². The summed E-state index contributed by atoms with van der Waals surface area (Å²) in [4.78, 5) is 14.5. The molecule has 0 spiro atoms. The molecule has 236 valence electrons. The Bertz CT molecular complexity index is 3200. The largest absolute Gasteiger partial charge is 0.455 e. The van der Waals surface area contributed by atoms with Crippen molar-refractivity contribution < 1.29 is 4.42 Å². The Labute approximate surface area is 292 Å². The molecule has 0 fully saturated rings. The van der Waals surface area contributed by atoms with Gasteiger partial charge < -0.3 is 4.42 Å². The first-order valence-corrected chi connectivity index (χ1v) is 17.2. The molecule has 0 atom stereocenters. The summed E-state index contributed by atoms with van der Waals surface area (Å²) in [6, 6.07) is 53.6. The minimum Gasteiger partial charge on any atom is -0.455 e. The topological polar surface area (TPSA) is 51.8 Å². The van der Waals surface area contributed by atoms with Gasteiger partial charge in [-0.15, -0.1) is 0 Å². The zero-order valence-corrected chi connectivity index (χ0v) is 27.3. The van der Waals surface area contributed by atoms with Crippen LogP contribution in [0.5, 0.6) is 0 Å². The van der Waals surface area contributed by atoms with E-state index in [4.69, 9.17) is 14.4 Å². The van der Waals surface area contributed by atoms with Crippen molar-refractivity contribution >= 4 is 76.2 Å². The van der Waals surface area contributed by atoms with E-state index in [1.54, 1.807) is 0 Å². The summed E-state index contributed by atoms with van der Waals surface area (Å²) in [5.41, 5.74) is 11.3. The lowest BCUT2D eigenvalue weighted by Crippen LogP contribution is -1.90. The van der Waals surface area contributed by atoms with Crippen molar-refractivity contribution in [1.29, 1.82) is 0 Å². The van der Waals surface area contributed by atoms with Gasteiger partial charge in [0, 0.05) is 55.7 Å². The second-order valence-corrected chi connectivity index (χ2v) is 13.2. The Morgan fingerprint density at radius 3 is 2.00 bits per heavy atom. The SMILES string of the molecule is c1cnc2c(c1)ccc1c(-c3ccc4cc(-c5ccc(-c6nc7ccccc7c7c6ccc6c8ccccc8oc67)cc5)ccc4c3)ccnc12. The lowest BCUT2D eigenvalue weighted by Gasteiger charge is -2.12. The van der Waals surface area contributed by atoms with Crippen LogP contribution in [0.3, 0.4) is 0 Å². The van der Waals surface area contributed by atoms with Crippen LogP contribution in [0.25, 0.3) is 110 Å². The van der Waals surface area contributed by atoms with Gasteiger partial charge in [-0.1, -0.05) is 109 Å². The minimum absolute atomic E-state index is 0.899. The first-order valence-electron chi connectivity index (χ1n) is 17.2. The molecule has 11 rings (SSSR count). The van der Waals surface area contributed by atoms with Crippen molar-refractivity contribution in [2.75, 3.05) is 0 Å². The van der Waals surface area contributed by atoms with Crippen molar-refractivity contribution in [1.82, 2.24) is 15.0 Å². The molecule has 0 bridgehead atoms. The van der Waals surface area contributed by atoms with Crippen LogP contribution in [-0.4, -0.2) is 15.0 Å².